The second kappa shape index (κ2) is 10.3. The lowest BCUT2D eigenvalue weighted by Crippen LogP contribution is -2.33. The highest BCUT2D eigenvalue weighted by atomic mass is 14.9. The standard InChI is InChI=1S/C26H31N5/c1-20-4-2-5-25(30-15-14-29-23-8-12-28-13-9-23)24(18-20)21-6-7-26-22(19-21)10-17-31(26)16-3-11-27/h2,5,7,10,12,17-21H,3-4,6,8-9,13-16H2,1H3. The van der Waals surface area contributed by atoms with Gasteiger partial charge in [-0.1, -0.05) is 31.2 Å². The van der Waals surface area contributed by atoms with Crippen LogP contribution in [0.25, 0.3) is 12.2 Å². The second-order valence-electron chi connectivity index (χ2n) is 8.47. The van der Waals surface area contributed by atoms with Crippen LogP contribution in [0.4, 0.5) is 0 Å². The van der Waals surface area contributed by atoms with Gasteiger partial charge in [0.25, 0.3) is 0 Å². The van der Waals surface area contributed by atoms with Crippen LogP contribution in [-0.2, 0) is 6.54 Å². The molecule has 0 spiro atoms. The van der Waals surface area contributed by atoms with Crippen LogP contribution in [0.15, 0.2) is 51.0 Å². The van der Waals surface area contributed by atoms with Crippen LogP contribution in [0, 0.1) is 23.2 Å². The van der Waals surface area contributed by atoms with Crippen LogP contribution in [0.5, 0.6) is 0 Å². The van der Waals surface area contributed by atoms with Gasteiger partial charge in [0.2, 0.25) is 0 Å². The number of fused-ring (bicyclic) bond motifs is 1. The summed E-state index contributed by atoms with van der Waals surface area (Å²) < 4.78 is 2.19. The van der Waals surface area contributed by atoms with Gasteiger partial charge in [0.15, 0.2) is 0 Å². The van der Waals surface area contributed by atoms with Gasteiger partial charge in [0, 0.05) is 55.3 Å². The van der Waals surface area contributed by atoms with Crippen molar-refractivity contribution in [1.29, 1.82) is 5.26 Å². The predicted molar refractivity (Wildman–Crippen MR) is 129 cm³/mol. The van der Waals surface area contributed by atoms with Gasteiger partial charge in [0.05, 0.1) is 31.3 Å². The molecule has 0 amide bonds. The van der Waals surface area contributed by atoms with Crippen LogP contribution < -0.4 is 10.6 Å². The Hall–Kier alpha value is -3.00. The Kier molecular flexibility index (Phi) is 7.09. The third-order valence-electron chi connectivity index (χ3n) is 6.10. The van der Waals surface area contributed by atoms with E-state index in [1.807, 2.05) is 6.21 Å². The molecule has 0 aromatic carbocycles. The van der Waals surface area contributed by atoms with Crippen molar-refractivity contribution in [3.63, 3.8) is 0 Å². The van der Waals surface area contributed by atoms with Crippen molar-refractivity contribution in [2.45, 2.75) is 45.6 Å². The third kappa shape index (κ3) is 5.38. The quantitative estimate of drug-likeness (QED) is 0.660. The number of hydrogen-bond acceptors (Lipinski definition) is 4. The third-order valence-corrected chi connectivity index (χ3v) is 6.10. The molecule has 1 aromatic rings. The first-order chi connectivity index (χ1) is 15.2. The zero-order valence-corrected chi connectivity index (χ0v) is 18.4. The topological polar surface area (TPSA) is 65.8 Å². The number of aliphatic imine (C=N–C) groups is 3. The summed E-state index contributed by atoms with van der Waals surface area (Å²) >= 11 is 0. The minimum Gasteiger partial charge on any atom is -0.347 e. The second-order valence-corrected chi connectivity index (χ2v) is 8.47. The predicted octanol–water partition coefficient (Wildman–Crippen LogP) is 3.25. The van der Waals surface area contributed by atoms with Crippen molar-refractivity contribution >= 4 is 29.8 Å². The van der Waals surface area contributed by atoms with Crippen LogP contribution in [0.2, 0.25) is 0 Å². The van der Waals surface area contributed by atoms with Crippen molar-refractivity contribution in [3.05, 3.63) is 46.6 Å². The first kappa shape index (κ1) is 21.2. The smallest absolute Gasteiger partial charge is 0.0640 e. The van der Waals surface area contributed by atoms with Crippen LogP contribution >= 0.6 is 0 Å². The molecule has 5 nitrogen and oxygen atoms in total. The molecule has 1 aliphatic heterocycles. The van der Waals surface area contributed by atoms with Gasteiger partial charge in [-0.3, -0.25) is 15.0 Å². The van der Waals surface area contributed by atoms with E-state index in [-0.39, 0.29) is 0 Å². The van der Waals surface area contributed by atoms with E-state index in [0.717, 1.165) is 57.6 Å². The number of aromatic nitrogens is 1. The van der Waals surface area contributed by atoms with Gasteiger partial charge in [-0.2, -0.15) is 5.26 Å². The van der Waals surface area contributed by atoms with Crippen molar-refractivity contribution < 1.29 is 0 Å². The highest BCUT2D eigenvalue weighted by molar-refractivity contribution is 6.09. The lowest BCUT2D eigenvalue weighted by atomic mass is 9.87. The molecule has 0 saturated carbocycles. The van der Waals surface area contributed by atoms with Crippen molar-refractivity contribution in [1.82, 2.24) is 4.57 Å². The van der Waals surface area contributed by atoms with E-state index >= 15 is 0 Å². The lowest BCUT2D eigenvalue weighted by Gasteiger charge is -2.19. The Morgan fingerprint density at radius 3 is 2.97 bits per heavy atom. The summed E-state index contributed by atoms with van der Waals surface area (Å²) in [4.78, 5) is 14.0. The van der Waals surface area contributed by atoms with E-state index in [1.165, 1.54) is 21.9 Å². The van der Waals surface area contributed by atoms with Gasteiger partial charge in [0.1, 0.15) is 0 Å². The Morgan fingerprint density at radius 1 is 1.23 bits per heavy atom. The molecule has 0 N–H and O–H groups in total. The molecule has 0 fully saturated rings. The van der Waals surface area contributed by atoms with E-state index < -0.39 is 0 Å². The van der Waals surface area contributed by atoms with Crippen molar-refractivity contribution in [2.75, 3.05) is 19.6 Å². The molecule has 5 heteroatoms. The van der Waals surface area contributed by atoms with Crippen molar-refractivity contribution in [2.24, 2.45) is 26.8 Å². The number of allylic oxidation sites excluding steroid dienone is 4. The van der Waals surface area contributed by atoms with Crippen molar-refractivity contribution in [3.8, 4) is 6.07 Å². The van der Waals surface area contributed by atoms with Crippen LogP contribution in [0.3, 0.4) is 0 Å². The van der Waals surface area contributed by atoms with Crippen LogP contribution in [0.1, 0.15) is 39.0 Å². The van der Waals surface area contributed by atoms with Gasteiger partial charge >= 0.3 is 0 Å². The average Bonchev–Trinajstić information content (AvgIpc) is 3.10. The maximum Gasteiger partial charge on any atom is 0.0640 e. The fourth-order valence-corrected chi connectivity index (χ4v) is 4.47. The fourth-order valence-electron chi connectivity index (χ4n) is 4.47. The summed E-state index contributed by atoms with van der Waals surface area (Å²) in [6, 6.07) is 4.42. The summed E-state index contributed by atoms with van der Waals surface area (Å²) in [6.07, 6.45) is 20.1. The summed E-state index contributed by atoms with van der Waals surface area (Å²) in [5, 5.41) is 11.4. The first-order valence-corrected chi connectivity index (χ1v) is 11.4. The number of nitrogens with zero attached hydrogens (tertiary/aromatic N) is 5. The molecule has 3 aliphatic rings. The number of nitriles is 1. The molecule has 160 valence electrons. The molecule has 0 bridgehead atoms. The zero-order chi connectivity index (χ0) is 21.5. The SMILES string of the molecule is CC1C=C(C2C=c3ccn(CCC#N)c3=CC2)C(=NCCN=C2CC=NCC2)C=CC1. The Balaban J connectivity index is 1.53. The maximum absolute atomic E-state index is 8.90. The maximum atomic E-state index is 8.90. The van der Waals surface area contributed by atoms with Gasteiger partial charge < -0.3 is 4.57 Å². The Labute approximate surface area is 184 Å². The lowest BCUT2D eigenvalue weighted by molar-refractivity contribution is 0.691. The molecule has 0 radical (unpaired) electrons. The minimum absolute atomic E-state index is 0.337. The summed E-state index contributed by atoms with van der Waals surface area (Å²) in [5.74, 6) is 0.847. The van der Waals surface area contributed by atoms with Crippen LogP contribution in [-0.4, -0.2) is 41.8 Å². The van der Waals surface area contributed by atoms with E-state index in [2.05, 4.69) is 65.2 Å². The molecule has 31 heavy (non-hydrogen) atoms. The van der Waals surface area contributed by atoms with Gasteiger partial charge in [-0.25, -0.2) is 0 Å². The van der Waals surface area contributed by atoms with Gasteiger partial charge in [-0.05, 0) is 41.7 Å². The molecular weight excluding hydrogens is 382 g/mol. The van der Waals surface area contributed by atoms with E-state index in [1.54, 1.807) is 0 Å². The minimum atomic E-state index is 0.337. The Morgan fingerprint density at radius 2 is 2.13 bits per heavy atom. The van der Waals surface area contributed by atoms with E-state index in [0.29, 0.717) is 18.3 Å². The normalized spacial score (nSPS) is 25.4. The monoisotopic (exact) mass is 413 g/mol. The molecule has 2 atom stereocenters. The summed E-state index contributed by atoms with van der Waals surface area (Å²) in [7, 11) is 0. The molecule has 2 aliphatic carbocycles. The summed E-state index contributed by atoms with van der Waals surface area (Å²) in [6.45, 7) is 5.37. The van der Waals surface area contributed by atoms with E-state index in [9.17, 15) is 0 Å². The Bertz CT molecular complexity index is 1100. The van der Waals surface area contributed by atoms with E-state index in [4.69, 9.17) is 15.2 Å². The molecule has 1 aromatic heterocycles. The average molecular weight is 414 g/mol. The molecule has 0 saturated heterocycles. The fraction of sp³-hybridized carbons (Fsp3) is 0.462. The number of hydrogen-bond donors (Lipinski definition) is 0. The number of aryl methyl sites for hydroxylation is 1. The highest BCUT2D eigenvalue weighted by Crippen LogP contribution is 2.26. The van der Waals surface area contributed by atoms with Gasteiger partial charge in [-0.15, -0.1) is 0 Å². The highest BCUT2D eigenvalue weighted by Gasteiger charge is 2.20. The zero-order valence-electron chi connectivity index (χ0n) is 18.4. The number of rotatable bonds is 6. The molecule has 2 heterocycles. The molecular formula is C26H31N5. The summed E-state index contributed by atoms with van der Waals surface area (Å²) in [5.41, 5.74) is 3.70. The molecule has 4 rings (SSSR count). The molecule has 2 unspecified atom stereocenters. The largest absolute Gasteiger partial charge is 0.347 e. The first-order valence-electron chi connectivity index (χ1n) is 11.4.